The van der Waals surface area contributed by atoms with Crippen molar-refractivity contribution in [1.29, 1.82) is 0 Å². The molecule has 1 aromatic carbocycles. The van der Waals surface area contributed by atoms with Crippen molar-refractivity contribution in [2.45, 2.75) is 44.7 Å². The molecule has 0 spiro atoms. The highest BCUT2D eigenvalue weighted by Gasteiger charge is 2.35. The third kappa shape index (κ3) is 10.2. The van der Waals surface area contributed by atoms with Crippen molar-refractivity contribution in [2.75, 3.05) is 52.6 Å². The molecule has 0 saturated carbocycles. The number of hydrogen-bond donors (Lipinski definition) is 5. The molecular formula is C27H40ClN5O6S. The molecule has 40 heavy (non-hydrogen) atoms. The van der Waals surface area contributed by atoms with Gasteiger partial charge in [0.1, 0.15) is 5.75 Å². The lowest BCUT2D eigenvalue weighted by Crippen LogP contribution is -2.56. The fourth-order valence-corrected chi connectivity index (χ4v) is 5.33. The Bertz CT molecular complexity index is 1060. The lowest BCUT2D eigenvalue weighted by atomic mass is 9.87. The highest BCUT2D eigenvalue weighted by atomic mass is 35.5. The number of nitrogens with zero attached hydrogens (tertiary/aromatic N) is 2. The first kappa shape index (κ1) is 33.3. The number of ether oxygens (including phenoxy) is 1. The van der Waals surface area contributed by atoms with Crippen molar-refractivity contribution in [2.24, 2.45) is 5.92 Å². The van der Waals surface area contributed by atoms with Gasteiger partial charge in [0, 0.05) is 51.4 Å². The Morgan fingerprint density at radius 3 is 2.25 bits per heavy atom. The van der Waals surface area contributed by atoms with Crippen molar-refractivity contribution >= 4 is 52.3 Å². The summed E-state index contributed by atoms with van der Waals surface area (Å²) in [5.41, 5.74) is 6.72. The topological polar surface area (TPSA) is 157 Å². The number of anilines is 1. The van der Waals surface area contributed by atoms with E-state index in [0.717, 1.165) is 56.9 Å². The number of rotatable bonds is 9. The van der Waals surface area contributed by atoms with E-state index in [1.165, 1.54) is 0 Å². The minimum atomic E-state index is -1.26. The number of carbonyl (C=O) groups is 3. The molecule has 2 aliphatic heterocycles. The maximum Gasteiger partial charge on any atom is 0.328 e. The number of carboxylic acids is 2. The number of likely N-dealkylation sites (tertiary alicyclic amines) is 1. The molecule has 222 valence electrons. The Labute approximate surface area is 245 Å². The molecule has 0 aliphatic carbocycles. The van der Waals surface area contributed by atoms with Crippen LogP contribution in [0.5, 0.6) is 5.75 Å². The monoisotopic (exact) mass is 597 g/mol. The van der Waals surface area contributed by atoms with Crippen LogP contribution in [0.25, 0.3) is 0 Å². The number of piperidine rings is 2. The van der Waals surface area contributed by atoms with Crippen LogP contribution in [0.4, 0.5) is 5.69 Å². The van der Waals surface area contributed by atoms with Crippen LogP contribution in [-0.4, -0.2) is 102 Å². The van der Waals surface area contributed by atoms with Crippen LogP contribution >= 0.6 is 23.8 Å². The number of nitrogen functional groups attached to an aromatic ring is 1. The van der Waals surface area contributed by atoms with E-state index in [1.54, 1.807) is 12.1 Å². The van der Waals surface area contributed by atoms with Crippen molar-refractivity contribution < 1.29 is 29.3 Å². The number of carbonyl (C=O) groups excluding carboxylic acids is 1. The molecule has 0 bridgehead atoms. The molecule has 6 N–H and O–H groups in total. The number of amides is 1. The van der Waals surface area contributed by atoms with Crippen LogP contribution in [0.15, 0.2) is 24.3 Å². The zero-order valence-corrected chi connectivity index (χ0v) is 24.8. The zero-order chi connectivity index (χ0) is 29.8. The van der Waals surface area contributed by atoms with Crippen LogP contribution in [0, 0.1) is 5.92 Å². The van der Waals surface area contributed by atoms with Crippen molar-refractivity contribution in [3.63, 3.8) is 0 Å². The summed E-state index contributed by atoms with van der Waals surface area (Å²) in [6.45, 7) is 6.25. The Balaban J connectivity index is 0.000000611. The summed E-state index contributed by atoms with van der Waals surface area (Å²) in [6, 6.07) is 3.59. The number of thiocarbonyl (C=S) groups is 1. The van der Waals surface area contributed by atoms with Crippen molar-refractivity contribution in [3.05, 3.63) is 34.9 Å². The normalized spacial score (nSPS) is 17.4. The summed E-state index contributed by atoms with van der Waals surface area (Å²) in [7, 11) is 4.08. The van der Waals surface area contributed by atoms with Gasteiger partial charge < -0.3 is 36.2 Å². The molecule has 0 radical (unpaired) electrons. The van der Waals surface area contributed by atoms with E-state index in [-0.39, 0.29) is 18.0 Å². The minimum absolute atomic E-state index is 0.103. The predicted octanol–water partition coefficient (Wildman–Crippen LogP) is 2.48. The first-order chi connectivity index (χ1) is 18.9. The highest BCUT2D eigenvalue weighted by molar-refractivity contribution is 7.80. The smallest absolute Gasteiger partial charge is 0.328 e. The van der Waals surface area contributed by atoms with E-state index in [1.807, 2.05) is 21.0 Å². The third-order valence-electron chi connectivity index (χ3n) is 6.79. The summed E-state index contributed by atoms with van der Waals surface area (Å²) in [5, 5.41) is 22.6. The van der Waals surface area contributed by atoms with E-state index in [4.69, 9.17) is 44.5 Å². The standard InChI is InChI=1S/C23H36ClN5O2S.C4H4O4/c1-4-31-20-14-19(25)18(24)13-17(20)22(30)27-16-7-11-29(12-8-16)21(23(32)28(2)3)15-5-9-26-10-6-15;5-3(6)1-2-4(7)8/h13-16,21,26H,4-12,25H2,1-3H3,(H,27,30);1-2H,(H,5,6)(H,7,8). The Hall–Kier alpha value is -2.93. The number of aliphatic carboxylic acids is 2. The number of benzene rings is 1. The summed E-state index contributed by atoms with van der Waals surface area (Å²) in [4.78, 5) is 37.7. The summed E-state index contributed by atoms with van der Waals surface area (Å²) in [6.07, 6.45) is 5.18. The number of hydrogen-bond acceptors (Lipinski definition) is 8. The second-order valence-corrected chi connectivity index (χ2v) is 10.7. The molecule has 2 fully saturated rings. The van der Waals surface area contributed by atoms with Gasteiger partial charge in [0.05, 0.1) is 33.9 Å². The fourth-order valence-electron chi connectivity index (χ4n) is 4.83. The summed E-state index contributed by atoms with van der Waals surface area (Å²) >= 11 is 12.0. The molecule has 1 atom stereocenters. The predicted molar refractivity (Wildman–Crippen MR) is 159 cm³/mol. The van der Waals surface area contributed by atoms with E-state index < -0.39 is 11.9 Å². The molecule has 13 heteroatoms. The van der Waals surface area contributed by atoms with Crippen LogP contribution in [0.1, 0.15) is 43.0 Å². The van der Waals surface area contributed by atoms with Gasteiger partial charge in [-0.2, -0.15) is 0 Å². The first-order valence-electron chi connectivity index (χ1n) is 13.3. The minimum Gasteiger partial charge on any atom is -0.493 e. The van der Waals surface area contributed by atoms with Gasteiger partial charge in [-0.15, -0.1) is 0 Å². The van der Waals surface area contributed by atoms with Gasteiger partial charge in [-0.05, 0) is 57.7 Å². The molecule has 1 unspecified atom stereocenters. The van der Waals surface area contributed by atoms with Gasteiger partial charge in [0.25, 0.3) is 5.91 Å². The molecule has 1 aromatic rings. The molecular weight excluding hydrogens is 558 g/mol. The number of carboxylic acid groups (broad SMARTS) is 2. The average molecular weight is 598 g/mol. The Morgan fingerprint density at radius 1 is 1.18 bits per heavy atom. The van der Waals surface area contributed by atoms with Gasteiger partial charge in [-0.3, -0.25) is 9.69 Å². The molecule has 2 saturated heterocycles. The molecule has 1 amide bonds. The fraction of sp³-hybridized carbons (Fsp3) is 0.556. The zero-order valence-electron chi connectivity index (χ0n) is 23.2. The lowest BCUT2D eigenvalue weighted by molar-refractivity contribution is -0.134. The molecule has 11 nitrogen and oxygen atoms in total. The van der Waals surface area contributed by atoms with E-state index >= 15 is 0 Å². The van der Waals surface area contributed by atoms with E-state index in [0.29, 0.717) is 46.7 Å². The first-order valence-corrected chi connectivity index (χ1v) is 14.1. The van der Waals surface area contributed by atoms with Gasteiger partial charge in [-0.1, -0.05) is 23.8 Å². The molecule has 0 aromatic heterocycles. The maximum atomic E-state index is 13.0. The third-order valence-corrected chi connectivity index (χ3v) is 7.73. The van der Waals surface area contributed by atoms with Crippen LogP contribution < -0.4 is 21.1 Å². The van der Waals surface area contributed by atoms with Crippen LogP contribution in [0.3, 0.4) is 0 Å². The van der Waals surface area contributed by atoms with Gasteiger partial charge in [0.2, 0.25) is 0 Å². The summed E-state index contributed by atoms with van der Waals surface area (Å²) in [5.74, 6) is -1.65. The second kappa shape index (κ2) is 16.4. The van der Waals surface area contributed by atoms with Gasteiger partial charge in [0.15, 0.2) is 0 Å². The number of nitrogens with two attached hydrogens (primary N) is 1. The molecule has 3 rings (SSSR count). The second-order valence-electron chi connectivity index (χ2n) is 9.86. The molecule has 2 heterocycles. The Kier molecular flexibility index (Phi) is 13.6. The Morgan fingerprint density at radius 2 is 1.75 bits per heavy atom. The summed E-state index contributed by atoms with van der Waals surface area (Å²) < 4.78 is 5.62. The maximum absolute atomic E-state index is 13.0. The van der Waals surface area contributed by atoms with Crippen molar-refractivity contribution in [3.8, 4) is 5.75 Å². The quantitative estimate of drug-likeness (QED) is 0.162. The largest absolute Gasteiger partial charge is 0.493 e. The van der Waals surface area contributed by atoms with Gasteiger partial charge in [-0.25, -0.2) is 9.59 Å². The molecule has 2 aliphatic rings. The number of likely N-dealkylation sites (N-methyl/N-ethyl adjacent to an activating group) is 1. The van der Waals surface area contributed by atoms with E-state index in [2.05, 4.69) is 20.4 Å². The lowest BCUT2D eigenvalue weighted by Gasteiger charge is -2.44. The van der Waals surface area contributed by atoms with E-state index in [9.17, 15) is 14.4 Å². The SMILES string of the molecule is CCOc1cc(N)c(Cl)cc1C(=O)NC1CCN(C(C(=S)N(C)C)C2CCNCC2)CC1.O=C(O)C=CC(=O)O. The van der Waals surface area contributed by atoms with Gasteiger partial charge >= 0.3 is 11.9 Å². The van der Waals surface area contributed by atoms with Crippen LogP contribution in [0.2, 0.25) is 5.02 Å². The van der Waals surface area contributed by atoms with Crippen LogP contribution in [-0.2, 0) is 9.59 Å². The van der Waals surface area contributed by atoms with Crippen molar-refractivity contribution in [1.82, 2.24) is 20.4 Å². The average Bonchev–Trinajstić information content (AvgIpc) is 2.91. The highest BCUT2D eigenvalue weighted by Crippen LogP contribution is 2.30. The number of nitrogens with one attached hydrogen (secondary N) is 2. The number of halogens is 1.